The van der Waals surface area contributed by atoms with Crippen molar-refractivity contribution in [3.05, 3.63) is 29.6 Å². The SMILES string of the molecule is CNC(C1CN2CCCC2CO1)C1CCc2cccnc21. The first-order chi connectivity index (χ1) is 10.4. The number of ether oxygens (including phenoxy) is 1. The van der Waals surface area contributed by atoms with E-state index < -0.39 is 0 Å². The Balaban J connectivity index is 1.53. The summed E-state index contributed by atoms with van der Waals surface area (Å²) in [6.45, 7) is 3.24. The van der Waals surface area contributed by atoms with Gasteiger partial charge in [-0.15, -0.1) is 0 Å². The Hall–Kier alpha value is -0.970. The fourth-order valence-corrected chi connectivity index (χ4v) is 4.50. The highest BCUT2D eigenvalue weighted by atomic mass is 16.5. The maximum absolute atomic E-state index is 6.24. The van der Waals surface area contributed by atoms with Crippen molar-refractivity contribution in [3.63, 3.8) is 0 Å². The van der Waals surface area contributed by atoms with Crippen LogP contribution in [-0.2, 0) is 11.2 Å². The summed E-state index contributed by atoms with van der Waals surface area (Å²) in [5.74, 6) is 0.496. The van der Waals surface area contributed by atoms with E-state index in [0.29, 0.717) is 24.1 Å². The van der Waals surface area contributed by atoms with E-state index in [4.69, 9.17) is 4.74 Å². The van der Waals surface area contributed by atoms with Crippen LogP contribution < -0.4 is 5.32 Å². The zero-order valence-electron chi connectivity index (χ0n) is 12.8. The zero-order chi connectivity index (χ0) is 14.2. The third kappa shape index (κ3) is 2.39. The van der Waals surface area contributed by atoms with E-state index >= 15 is 0 Å². The topological polar surface area (TPSA) is 37.4 Å². The lowest BCUT2D eigenvalue weighted by atomic mass is 9.91. The standard InChI is InChI=1S/C17H25N3O/c1-18-17(14-7-6-12-4-2-8-19-16(12)14)15-10-20-9-3-5-13(20)11-21-15/h2,4,8,13-15,17-18H,3,5-7,9-11H2,1H3. The summed E-state index contributed by atoms with van der Waals surface area (Å²) < 4.78 is 6.24. The number of hydrogen-bond acceptors (Lipinski definition) is 4. The molecule has 4 unspecified atom stereocenters. The van der Waals surface area contributed by atoms with Crippen molar-refractivity contribution in [2.45, 2.75) is 49.8 Å². The molecule has 4 heteroatoms. The van der Waals surface area contributed by atoms with Crippen LogP contribution in [-0.4, -0.2) is 54.8 Å². The van der Waals surface area contributed by atoms with Gasteiger partial charge < -0.3 is 10.1 Å². The van der Waals surface area contributed by atoms with E-state index in [1.807, 2.05) is 6.20 Å². The minimum atomic E-state index is 0.294. The third-order valence-corrected chi connectivity index (χ3v) is 5.59. The number of rotatable bonds is 3. The fraction of sp³-hybridized carbons (Fsp3) is 0.706. The van der Waals surface area contributed by atoms with Gasteiger partial charge in [0, 0.05) is 36.4 Å². The Morgan fingerprint density at radius 3 is 3.29 bits per heavy atom. The highest BCUT2D eigenvalue weighted by molar-refractivity contribution is 5.30. The second-order valence-corrected chi connectivity index (χ2v) is 6.67. The lowest BCUT2D eigenvalue weighted by Gasteiger charge is -2.40. The quantitative estimate of drug-likeness (QED) is 0.915. The molecule has 2 aliphatic heterocycles. The predicted molar refractivity (Wildman–Crippen MR) is 82.5 cm³/mol. The first-order valence-electron chi connectivity index (χ1n) is 8.33. The van der Waals surface area contributed by atoms with Crippen molar-refractivity contribution in [1.29, 1.82) is 0 Å². The van der Waals surface area contributed by atoms with E-state index in [1.54, 1.807) is 0 Å². The molecule has 4 rings (SSSR count). The number of likely N-dealkylation sites (N-methyl/N-ethyl adjacent to an activating group) is 1. The Bertz CT molecular complexity index is 507. The monoisotopic (exact) mass is 287 g/mol. The molecule has 4 nitrogen and oxygen atoms in total. The molecule has 21 heavy (non-hydrogen) atoms. The van der Waals surface area contributed by atoms with Gasteiger partial charge in [-0.25, -0.2) is 0 Å². The van der Waals surface area contributed by atoms with Gasteiger partial charge in [-0.1, -0.05) is 6.07 Å². The molecule has 114 valence electrons. The van der Waals surface area contributed by atoms with Crippen molar-refractivity contribution >= 4 is 0 Å². The number of pyridine rings is 1. The van der Waals surface area contributed by atoms with Gasteiger partial charge in [-0.3, -0.25) is 9.88 Å². The molecule has 2 fully saturated rings. The van der Waals surface area contributed by atoms with Crippen LogP contribution in [0.3, 0.4) is 0 Å². The molecule has 1 aromatic rings. The molecule has 1 aromatic heterocycles. The molecule has 0 spiro atoms. The minimum Gasteiger partial charge on any atom is -0.374 e. The van der Waals surface area contributed by atoms with Crippen molar-refractivity contribution in [1.82, 2.24) is 15.2 Å². The van der Waals surface area contributed by atoms with Gasteiger partial charge in [0.25, 0.3) is 0 Å². The average molecular weight is 287 g/mol. The number of morpholine rings is 1. The molecular formula is C17H25N3O. The summed E-state index contributed by atoms with van der Waals surface area (Å²) in [5.41, 5.74) is 2.72. The van der Waals surface area contributed by atoms with Crippen LogP contribution >= 0.6 is 0 Å². The Morgan fingerprint density at radius 2 is 2.38 bits per heavy atom. The van der Waals surface area contributed by atoms with E-state index in [1.165, 1.54) is 37.1 Å². The van der Waals surface area contributed by atoms with Crippen LogP contribution in [0.5, 0.6) is 0 Å². The number of nitrogens with one attached hydrogen (secondary N) is 1. The van der Waals surface area contributed by atoms with Crippen LogP contribution in [0.25, 0.3) is 0 Å². The molecule has 0 saturated carbocycles. The summed E-state index contributed by atoms with van der Waals surface area (Å²) in [6.07, 6.45) is 7.22. The summed E-state index contributed by atoms with van der Waals surface area (Å²) in [5, 5.41) is 3.54. The van der Waals surface area contributed by atoms with E-state index in [0.717, 1.165) is 19.6 Å². The van der Waals surface area contributed by atoms with Gasteiger partial charge in [0.05, 0.1) is 12.7 Å². The molecule has 3 heterocycles. The first-order valence-corrected chi connectivity index (χ1v) is 8.33. The summed E-state index contributed by atoms with van der Waals surface area (Å²) in [7, 11) is 2.07. The number of fused-ring (bicyclic) bond motifs is 2. The van der Waals surface area contributed by atoms with E-state index in [2.05, 4.69) is 34.4 Å². The van der Waals surface area contributed by atoms with Gasteiger partial charge in [0.15, 0.2) is 0 Å². The second kappa shape index (κ2) is 5.67. The molecule has 0 bridgehead atoms. The van der Waals surface area contributed by atoms with Gasteiger partial charge in [0.2, 0.25) is 0 Å². The zero-order valence-corrected chi connectivity index (χ0v) is 12.8. The lowest BCUT2D eigenvalue weighted by molar-refractivity contribution is -0.0675. The average Bonchev–Trinajstić information content (AvgIpc) is 3.15. The molecule has 0 amide bonds. The van der Waals surface area contributed by atoms with Crippen molar-refractivity contribution in [2.75, 3.05) is 26.7 Å². The molecule has 0 aromatic carbocycles. The molecule has 1 N–H and O–H groups in total. The smallest absolute Gasteiger partial charge is 0.0861 e. The van der Waals surface area contributed by atoms with Gasteiger partial charge in [0.1, 0.15) is 0 Å². The van der Waals surface area contributed by atoms with Gasteiger partial charge in [-0.2, -0.15) is 0 Å². The molecule has 1 aliphatic carbocycles. The van der Waals surface area contributed by atoms with Crippen LogP contribution in [0.2, 0.25) is 0 Å². The van der Waals surface area contributed by atoms with Crippen molar-refractivity contribution < 1.29 is 4.74 Å². The highest BCUT2D eigenvalue weighted by Crippen LogP contribution is 2.36. The lowest BCUT2D eigenvalue weighted by Crippen LogP contribution is -2.55. The molecule has 2 saturated heterocycles. The Morgan fingerprint density at radius 1 is 1.43 bits per heavy atom. The Labute approximate surface area is 126 Å². The Kier molecular flexibility index (Phi) is 3.69. The van der Waals surface area contributed by atoms with E-state index in [9.17, 15) is 0 Å². The maximum Gasteiger partial charge on any atom is 0.0861 e. The molecule has 3 aliphatic rings. The normalized spacial score (nSPS) is 33.7. The van der Waals surface area contributed by atoms with Gasteiger partial charge >= 0.3 is 0 Å². The third-order valence-electron chi connectivity index (χ3n) is 5.59. The summed E-state index contributed by atoms with van der Waals surface area (Å²) in [6, 6.07) is 5.34. The van der Waals surface area contributed by atoms with Crippen molar-refractivity contribution in [2.24, 2.45) is 0 Å². The largest absolute Gasteiger partial charge is 0.374 e. The molecule has 0 radical (unpaired) electrons. The van der Waals surface area contributed by atoms with E-state index in [-0.39, 0.29) is 0 Å². The molecule has 4 atom stereocenters. The molecular weight excluding hydrogens is 262 g/mol. The first kappa shape index (κ1) is 13.7. The highest BCUT2D eigenvalue weighted by Gasteiger charge is 2.40. The number of aromatic nitrogens is 1. The van der Waals surface area contributed by atoms with Crippen molar-refractivity contribution in [3.8, 4) is 0 Å². The summed E-state index contributed by atoms with van der Waals surface area (Å²) in [4.78, 5) is 7.29. The predicted octanol–water partition coefficient (Wildman–Crippen LogP) is 1.56. The van der Waals surface area contributed by atoms with Gasteiger partial charge in [-0.05, 0) is 50.9 Å². The van der Waals surface area contributed by atoms with Crippen LogP contribution in [0, 0.1) is 0 Å². The van der Waals surface area contributed by atoms with Crippen LogP contribution in [0.4, 0.5) is 0 Å². The fourth-order valence-electron chi connectivity index (χ4n) is 4.50. The van der Waals surface area contributed by atoms with Crippen LogP contribution in [0.1, 0.15) is 36.4 Å². The number of hydrogen-bond donors (Lipinski definition) is 1. The van der Waals surface area contributed by atoms with Crippen LogP contribution in [0.15, 0.2) is 18.3 Å². The second-order valence-electron chi connectivity index (χ2n) is 6.67. The number of nitrogens with zero attached hydrogens (tertiary/aromatic N) is 2. The number of aryl methyl sites for hydroxylation is 1. The summed E-state index contributed by atoms with van der Waals surface area (Å²) >= 11 is 0. The minimum absolute atomic E-state index is 0.294. The maximum atomic E-state index is 6.24.